The number of rotatable bonds is 3. The Morgan fingerprint density at radius 3 is 2.65 bits per heavy atom. The quantitative estimate of drug-likeness (QED) is 0.775. The molecule has 3 fully saturated rings. The van der Waals surface area contributed by atoms with Crippen molar-refractivity contribution >= 4 is 11.8 Å². The number of carbonyl (C=O) groups is 2. The van der Waals surface area contributed by atoms with Crippen molar-refractivity contribution in [2.24, 2.45) is 5.92 Å². The average Bonchev–Trinajstić information content (AvgIpc) is 3.06. The maximum absolute atomic E-state index is 12.7. The monoisotopic (exact) mass is 280 g/mol. The van der Waals surface area contributed by atoms with Crippen LogP contribution in [0.4, 0.5) is 0 Å². The van der Waals surface area contributed by atoms with E-state index in [0.717, 1.165) is 38.8 Å². The molecule has 0 aromatic carbocycles. The molecule has 5 nitrogen and oxygen atoms in total. The Morgan fingerprint density at radius 1 is 1.20 bits per heavy atom. The molecule has 0 radical (unpaired) electrons. The molecule has 0 aromatic rings. The van der Waals surface area contributed by atoms with Crippen molar-refractivity contribution < 1.29 is 14.3 Å². The van der Waals surface area contributed by atoms with Gasteiger partial charge in [0.05, 0.1) is 6.10 Å². The number of hydrogen-bond acceptors (Lipinski definition) is 3. The van der Waals surface area contributed by atoms with E-state index in [1.165, 1.54) is 0 Å². The van der Waals surface area contributed by atoms with Crippen LogP contribution in [0.1, 0.15) is 39.5 Å². The van der Waals surface area contributed by atoms with Gasteiger partial charge in [-0.25, -0.2) is 0 Å². The fourth-order valence-electron chi connectivity index (χ4n) is 3.78. The third kappa shape index (κ3) is 2.22. The van der Waals surface area contributed by atoms with Gasteiger partial charge < -0.3 is 14.5 Å². The number of piperazine rings is 1. The van der Waals surface area contributed by atoms with Crippen molar-refractivity contribution in [3.05, 3.63) is 0 Å². The molecule has 0 spiro atoms. The van der Waals surface area contributed by atoms with E-state index in [9.17, 15) is 9.59 Å². The summed E-state index contributed by atoms with van der Waals surface area (Å²) in [6, 6.07) is -0.514. The van der Waals surface area contributed by atoms with E-state index in [0.29, 0.717) is 6.54 Å². The van der Waals surface area contributed by atoms with Crippen LogP contribution in [-0.4, -0.2) is 59.5 Å². The lowest BCUT2D eigenvalue weighted by Gasteiger charge is -2.44. The van der Waals surface area contributed by atoms with E-state index in [1.807, 2.05) is 18.7 Å². The maximum atomic E-state index is 12.7. The van der Waals surface area contributed by atoms with Crippen LogP contribution in [0, 0.1) is 5.92 Å². The van der Waals surface area contributed by atoms with Crippen molar-refractivity contribution in [3.63, 3.8) is 0 Å². The minimum Gasteiger partial charge on any atom is -0.376 e. The molecule has 3 aliphatic heterocycles. The predicted molar refractivity (Wildman–Crippen MR) is 74.0 cm³/mol. The molecule has 2 amide bonds. The number of amides is 2. The fraction of sp³-hybridized carbons (Fsp3) is 0.867. The minimum atomic E-state index is -0.305. The average molecular weight is 280 g/mol. The zero-order valence-corrected chi connectivity index (χ0v) is 12.4. The van der Waals surface area contributed by atoms with Crippen molar-refractivity contribution in [1.82, 2.24) is 9.80 Å². The van der Waals surface area contributed by atoms with Crippen LogP contribution < -0.4 is 0 Å². The van der Waals surface area contributed by atoms with E-state index < -0.39 is 0 Å². The standard InChI is InChI=1S/C15H24N2O3/c1-10(2)13-15(19)16-7-3-6-12(16)14(18)17(13)9-11-5-4-8-20-11/h10-13H,3-9H2,1-2H3. The van der Waals surface area contributed by atoms with E-state index >= 15 is 0 Å². The van der Waals surface area contributed by atoms with Gasteiger partial charge in [-0.3, -0.25) is 9.59 Å². The van der Waals surface area contributed by atoms with Crippen LogP contribution in [0.2, 0.25) is 0 Å². The van der Waals surface area contributed by atoms with Gasteiger partial charge in [0, 0.05) is 19.7 Å². The molecule has 0 saturated carbocycles. The van der Waals surface area contributed by atoms with Gasteiger partial charge in [0.15, 0.2) is 0 Å². The van der Waals surface area contributed by atoms with Gasteiger partial charge >= 0.3 is 0 Å². The predicted octanol–water partition coefficient (Wildman–Crippen LogP) is 1.02. The molecule has 0 N–H and O–H groups in total. The summed E-state index contributed by atoms with van der Waals surface area (Å²) in [5, 5.41) is 0. The molecule has 112 valence electrons. The van der Waals surface area contributed by atoms with Crippen molar-refractivity contribution in [2.75, 3.05) is 19.7 Å². The lowest BCUT2D eigenvalue weighted by Crippen LogP contribution is -2.65. The number of fused-ring (bicyclic) bond motifs is 1. The highest BCUT2D eigenvalue weighted by molar-refractivity contribution is 5.97. The second-order valence-corrected chi connectivity index (χ2v) is 6.50. The normalized spacial score (nSPS) is 34.2. The fourth-order valence-corrected chi connectivity index (χ4v) is 3.78. The summed E-state index contributed by atoms with van der Waals surface area (Å²) in [6.07, 6.45) is 3.93. The second-order valence-electron chi connectivity index (χ2n) is 6.50. The molecule has 0 aromatic heterocycles. The first-order valence-electron chi connectivity index (χ1n) is 7.82. The maximum Gasteiger partial charge on any atom is 0.246 e. The van der Waals surface area contributed by atoms with Gasteiger partial charge in [0.25, 0.3) is 0 Å². The molecule has 3 unspecified atom stereocenters. The molecule has 0 aliphatic carbocycles. The summed E-state index contributed by atoms with van der Waals surface area (Å²) < 4.78 is 5.66. The van der Waals surface area contributed by atoms with Crippen LogP contribution in [-0.2, 0) is 14.3 Å². The molecular weight excluding hydrogens is 256 g/mol. The highest BCUT2D eigenvalue weighted by atomic mass is 16.5. The summed E-state index contributed by atoms with van der Waals surface area (Å²) in [4.78, 5) is 29.0. The lowest BCUT2D eigenvalue weighted by atomic mass is 9.95. The highest BCUT2D eigenvalue weighted by Crippen LogP contribution is 2.30. The first-order valence-corrected chi connectivity index (χ1v) is 7.82. The van der Waals surface area contributed by atoms with E-state index in [4.69, 9.17) is 4.74 Å². The van der Waals surface area contributed by atoms with Gasteiger partial charge in [-0.2, -0.15) is 0 Å². The second kappa shape index (κ2) is 5.35. The van der Waals surface area contributed by atoms with Crippen LogP contribution in [0.3, 0.4) is 0 Å². The van der Waals surface area contributed by atoms with Gasteiger partial charge in [0.1, 0.15) is 12.1 Å². The number of carbonyl (C=O) groups excluding carboxylic acids is 2. The van der Waals surface area contributed by atoms with Crippen molar-refractivity contribution in [2.45, 2.75) is 57.7 Å². The van der Waals surface area contributed by atoms with Crippen molar-refractivity contribution in [3.8, 4) is 0 Å². The minimum absolute atomic E-state index is 0.112. The van der Waals surface area contributed by atoms with Crippen LogP contribution in [0.5, 0.6) is 0 Å². The van der Waals surface area contributed by atoms with Gasteiger partial charge in [0.2, 0.25) is 11.8 Å². The third-order valence-electron chi connectivity index (χ3n) is 4.75. The molecule has 3 rings (SSSR count). The molecule has 5 heteroatoms. The molecule has 3 aliphatic rings. The van der Waals surface area contributed by atoms with E-state index in [1.54, 1.807) is 4.90 Å². The van der Waals surface area contributed by atoms with E-state index in [-0.39, 0.29) is 35.9 Å². The zero-order valence-electron chi connectivity index (χ0n) is 12.4. The Labute approximate surface area is 120 Å². The molecule has 3 heterocycles. The topological polar surface area (TPSA) is 49.9 Å². The summed E-state index contributed by atoms with van der Waals surface area (Å²) in [5.74, 6) is 0.422. The van der Waals surface area contributed by atoms with Crippen molar-refractivity contribution in [1.29, 1.82) is 0 Å². The SMILES string of the molecule is CC(C)C1C(=O)N2CCCC2C(=O)N1CC1CCCO1. The summed E-state index contributed by atoms with van der Waals surface area (Å²) in [7, 11) is 0. The van der Waals surface area contributed by atoms with Crippen LogP contribution in [0.25, 0.3) is 0 Å². The summed E-state index contributed by atoms with van der Waals surface area (Å²) in [6.45, 7) is 6.15. The largest absolute Gasteiger partial charge is 0.376 e. The third-order valence-corrected chi connectivity index (χ3v) is 4.75. The highest BCUT2D eigenvalue weighted by Gasteiger charge is 2.49. The Balaban J connectivity index is 1.83. The van der Waals surface area contributed by atoms with Gasteiger partial charge in [-0.1, -0.05) is 13.8 Å². The summed E-state index contributed by atoms with van der Waals surface area (Å²) in [5.41, 5.74) is 0. The molecule has 20 heavy (non-hydrogen) atoms. The van der Waals surface area contributed by atoms with E-state index in [2.05, 4.69) is 0 Å². The number of ether oxygens (including phenoxy) is 1. The molecule has 0 bridgehead atoms. The van der Waals surface area contributed by atoms with Gasteiger partial charge in [-0.05, 0) is 31.6 Å². The number of hydrogen-bond donors (Lipinski definition) is 0. The smallest absolute Gasteiger partial charge is 0.246 e. The molecule has 3 atom stereocenters. The van der Waals surface area contributed by atoms with Gasteiger partial charge in [-0.15, -0.1) is 0 Å². The Kier molecular flexibility index (Phi) is 3.71. The molecule has 3 saturated heterocycles. The Morgan fingerprint density at radius 2 is 2.00 bits per heavy atom. The first-order chi connectivity index (χ1) is 9.59. The summed E-state index contributed by atoms with van der Waals surface area (Å²) >= 11 is 0. The van der Waals surface area contributed by atoms with Crippen LogP contribution >= 0.6 is 0 Å². The van der Waals surface area contributed by atoms with Crippen LogP contribution in [0.15, 0.2) is 0 Å². The Hall–Kier alpha value is -1.10. The lowest BCUT2D eigenvalue weighted by molar-refractivity contribution is -0.163. The first kappa shape index (κ1) is 13.9. The molecular formula is C15H24N2O3. The zero-order chi connectivity index (χ0) is 14.3. The number of nitrogens with zero attached hydrogens (tertiary/aromatic N) is 2. The Bertz CT molecular complexity index is 404.